The monoisotopic (exact) mass is 348 g/mol. The van der Waals surface area contributed by atoms with Gasteiger partial charge in [0, 0.05) is 50.5 Å². The SMILES string of the molecule is CCn1cc(CN2CCOC3(CCCCN(C(C)C)C3=O)C2)c(C)n1. The number of hydrogen-bond acceptors (Lipinski definition) is 4. The van der Waals surface area contributed by atoms with Crippen LogP contribution < -0.4 is 0 Å². The molecule has 6 heteroatoms. The van der Waals surface area contributed by atoms with Gasteiger partial charge in [0.25, 0.3) is 5.91 Å². The van der Waals surface area contributed by atoms with Gasteiger partial charge in [-0.05, 0) is 47.0 Å². The van der Waals surface area contributed by atoms with Crippen molar-refractivity contribution in [2.45, 2.75) is 71.7 Å². The fourth-order valence-electron chi connectivity index (χ4n) is 4.04. The Labute approximate surface area is 151 Å². The zero-order valence-corrected chi connectivity index (χ0v) is 16.1. The Hall–Kier alpha value is -1.40. The van der Waals surface area contributed by atoms with Crippen molar-refractivity contribution in [2.24, 2.45) is 0 Å². The predicted octanol–water partition coefficient (Wildman–Crippen LogP) is 2.20. The molecule has 2 fully saturated rings. The maximum Gasteiger partial charge on any atom is 0.256 e. The number of aromatic nitrogens is 2. The summed E-state index contributed by atoms with van der Waals surface area (Å²) in [5, 5.41) is 4.55. The van der Waals surface area contributed by atoms with E-state index in [9.17, 15) is 4.79 Å². The standard InChI is InChI=1S/C19H32N4O2/c1-5-22-13-17(16(4)20-22)12-21-10-11-25-19(14-21)8-6-7-9-23(15(2)3)18(19)24/h13,15H,5-12,14H2,1-4H3. The van der Waals surface area contributed by atoms with E-state index < -0.39 is 5.60 Å². The molecule has 2 aliphatic rings. The molecule has 1 spiro atoms. The summed E-state index contributed by atoms with van der Waals surface area (Å²) in [6.45, 7) is 13.1. The van der Waals surface area contributed by atoms with Crippen LogP contribution in [-0.2, 0) is 22.6 Å². The van der Waals surface area contributed by atoms with E-state index in [0.717, 1.165) is 51.1 Å². The molecule has 0 saturated carbocycles. The highest BCUT2D eigenvalue weighted by molar-refractivity contribution is 5.86. The van der Waals surface area contributed by atoms with Crippen LogP contribution in [0.5, 0.6) is 0 Å². The van der Waals surface area contributed by atoms with Crippen LogP contribution in [0.4, 0.5) is 0 Å². The third-order valence-corrected chi connectivity index (χ3v) is 5.53. The lowest BCUT2D eigenvalue weighted by Gasteiger charge is -2.43. The van der Waals surface area contributed by atoms with Gasteiger partial charge in [0.1, 0.15) is 0 Å². The van der Waals surface area contributed by atoms with Gasteiger partial charge >= 0.3 is 0 Å². The molecule has 1 amide bonds. The fraction of sp³-hybridized carbons (Fsp3) is 0.789. The Bertz CT molecular complexity index is 613. The summed E-state index contributed by atoms with van der Waals surface area (Å²) < 4.78 is 8.13. The van der Waals surface area contributed by atoms with Crippen molar-refractivity contribution in [1.29, 1.82) is 0 Å². The van der Waals surface area contributed by atoms with Crippen molar-refractivity contribution in [2.75, 3.05) is 26.2 Å². The molecule has 0 radical (unpaired) electrons. The van der Waals surface area contributed by atoms with E-state index in [4.69, 9.17) is 4.74 Å². The summed E-state index contributed by atoms with van der Waals surface area (Å²) in [4.78, 5) is 17.6. The number of carbonyl (C=O) groups excluding carboxylic acids is 1. The molecular weight excluding hydrogens is 316 g/mol. The molecule has 1 aromatic rings. The van der Waals surface area contributed by atoms with Crippen LogP contribution in [0.25, 0.3) is 0 Å². The molecule has 1 atom stereocenters. The number of nitrogens with zero attached hydrogens (tertiary/aromatic N) is 4. The zero-order chi connectivity index (χ0) is 18.0. The highest BCUT2D eigenvalue weighted by Crippen LogP contribution is 2.31. The summed E-state index contributed by atoms with van der Waals surface area (Å²) in [7, 11) is 0. The first-order valence-corrected chi connectivity index (χ1v) is 9.65. The first-order valence-electron chi connectivity index (χ1n) is 9.65. The Balaban J connectivity index is 1.76. The van der Waals surface area contributed by atoms with Crippen molar-refractivity contribution >= 4 is 5.91 Å². The predicted molar refractivity (Wildman–Crippen MR) is 97.3 cm³/mol. The van der Waals surface area contributed by atoms with Crippen molar-refractivity contribution in [1.82, 2.24) is 19.6 Å². The van der Waals surface area contributed by atoms with E-state index in [1.165, 1.54) is 5.56 Å². The van der Waals surface area contributed by atoms with Gasteiger partial charge in [0.05, 0.1) is 12.3 Å². The van der Waals surface area contributed by atoms with Crippen molar-refractivity contribution in [3.05, 3.63) is 17.5 Å². The third-order valence-electron chi connectivity index (χ3n) is 5.53. The van der Waals surface area contributed by atoms with Gasteiger partial charge < -0.3 is 9.64 Å². The van der Waals surface area contributed by atoms with Crippen molar-refractivity contribution in [3.63, 3.8) is 0 Å². The number of rotatable bonds is 4. The molecule has 1 aromatic heterocycles. The molecule has 0 N–H and O–H groups in total. The number of amides is 1. The van der Waals surface area contributed by atoms with Crippen LogP contribution in [-0.4, -0.2) is 63.4 Å². The van der Waals surface area contributed by atoms with Crippen LogP contribution in [0.1, 0.15) is 51.3 Å². The summed E-state index contributed by atoms with van der Waals surface area (Å²) in [6.07, 6.45) is 5.08. The lowest BCUT2D eigenvalue weighted by atomic mass is 9.93. The summed E-state index contributed by atoms with van der Waals surface area (Å²) in [6, 6.07) is 0.228. The van der Waals surface area contributed by atoms with Crippen molar-refractivity contribution in [3.8, 4) is 0 Å². The van der Waals surface area contributed by atoms with E-state index in [1.807, 2.05) is 9.58 Å². The van der Waals surface area contributed by atoms with Gasteiger partial charge in [0.2, 0.25) is 0 Å². The zero-order valence-electron chi connectivity index (χ0n) is 16.1. The number of morpholine rings is 1. The van der Waals surface area contributed by atoms with Gasteiger partial charge in [-0.1, -0.05) is 0 Å². The number of aryl methyl sites for hydroxylation is 2. The molecule has 1 unspecified atom stereocenters. The quantitative estimate of drug-likeness (QED) is 0.837. The van der Waals surface area contributed by atoms with Gasteiger partial charge in [-0.25, -0.2) is 0 Å². The summed E-state index contributed by atoms with van der Waals surface area (Å²) in [5.41, 5.74) is 1.67. The summed E-state index contributed by atoms with van der Waals surface area (Å²) >= 11 is 0. The number of carbonyl (C=O) groups is 1. The van der Waals surface area contributed by atoms with Crippen LogP contribution in [0, 0.1) is 6.92 Å². The average molecular weight is 348 g/mol. The Morgan fingerprint density at radius 1 is 1.32 bits per heavy atom. The van der Waals surface area contributed by atoms with Crippen LogP contribution in [0.2, 0.25) is 0 Å². The van der Waals surface area contributed by atoms with E-state index >= 15 is 0 Å². The Kier molecular flexibility index (Phi) is 5.49. The maximum atomic E-state index is 13.2. The lowest BCUT2D eigenvalue weighted by Crippen LogP contribution is -2.60. The van der Waals surface area contributed by atoms with Gasteiger partial charge in [0.15, 0.2) is 5.60 Å². The van der Waals surface area contributed by atoms with Gasteiger partial charge in [-0.15, -0.1) is 0 Å². The van der Waals surface area contributed by atoms with Gasteiger partial charge in [-0.3, -0.25) is 14.4 Å². The Morgan fingerprint density at radius 3 is 2.80 bits per heavy atom. The topological polar surface area (TPSA) is 50.6 Å². The molecule has 6 nitrogen and oxygen atoms in total. The number of hydrogen-bond donors (Lipinski definition) is 0. The van der Waals surface area contributed by atoms with Gasteiger partial charge in [-0.2, -0.15) is 5.10 Å². The van der Waals surface area contributed by atoms with Crippen LogP contribution >= 0.6 is 0 Å². The molecule has 25 heavy (non-hydrogen) atoms. The van der Waals surface area contributed by atoms with E-state index in [0.29, 0.717) is 13.2 Å². The molecular formula is C19H32N4O2. The minimum Gasteiger partial charge on any atom is -0.362 e. The molecule has 0 aliphatic carbocycles. The van der Waals surface area contributed by atoms with Crippen LogP contribution in [0.3, 0.4) is 0 Å². The molecule has 2 saturated heterocycles. The maximum absolute atomic E-state index is 13.2. The smallest absolute Gasteiger partial charge is 0.256 e. The number of likely N-dealkylation sites (tertiary alicyclic amines) is 1. The summed E-state index contributed by atoms with van der Waals surface area (Å²) in [5.74, 6) is 0.186. The van der Waals surface area contributed by atoms with E-state index in [2.05, 4.69) is 43.9 Å². The lowest BCUT2D eigenvalue weighted by molar-refractivity contribution is -0.172. The number of ether oxygens (including phenoxy) is 1. The minimum absolute atomic E-state index is 0.186. The van der Waals surface area contributed by atoms with Crippen molar-refractivity contribution < 1.29 is 9.53 Å². The van der Waals surface area contributed by atoms with E-state index in [-0.39, 0.29) is 11.9 Å². The second-order valence-electron chi connectivity index (χ2n) is 7.70. The molecule has 3 rings (SSSR count). The highest BCUT2D eigenvalue weighted by atomic mass is 16.5. The minimum atomic E-state index is -0.659. The normalized spacial score (nSPS) is 25.8. The second-order valence-corrected chi connectivity index (χ2v) is 7.70. The molecule has 3 heterocycles. The third kappa shape index (κ3) is 3.75. The second kappa shape index (κ2) is 7.46. The molecule has 0 bridgehead atoms. The fourth-order valence-corrected chi connectivity index (χ4v) is 4.04. The highest BCUT2D eigenvalue weighted by Gasteiger charge is 2.47. The Morgan fingerprint density at radius 2 is 2.12 bits per heavy atom. The first kappa shape index (κ1) is 18.4. The average Bonchev–Trinajstić information content (AvgIpc) is 2.86. The molecule has 0 aromatic carbocycles. The largest absolute Gasteiger partial charge is 0.362 e. The van der Waals surface area contributed by atoms with Crippen LogP contribution in [0.15, 0.2) is 6.20 Å². The first-order chi connectivity index (χ1) is 11.9. The molecule has 140 valence electrons. The molecule has 2 aliphatic heterocycles. The van der Waals surface area contributed by atoms with E-state index in [1.54, 1.807) is 0 Å².